The van der Waals surface area contributed by atoms with Crippen LogP contribution in [-0.4, -0.2) is 78.3 Å². The minimum Gasteiger partial charge on any atom is -0.497 e. The molecule has 0 atom stereocenters. The van der Waals surface area contributed by atoms with Crippen molar-refractivity contribution in [1.82, 2.24) is 30.6 Å². The lowest BCUT2D eigenvalue weighted by Gasteiger charge is -2.33. The zero-order chi connectivity index (χ0) is 22.1. The number of urea groups is 1. The number of benzene rings is 1. The molecule has 0 bridgehead atoms. The number of imide groups is 1. The van der Waals surface area contributed by atoms with Crippen LogP contribution in [0.5, 0.6) is 5.75 Å². The van der Waals surface area contributed by atoms with E-state index in [-0.39, 0.29) is 12.5 Å². The van der Waals surface area contributed by atoms with Crippen molar-refractivity contribution in [2.75, 3.05) is 46.4 Å². The van der Waals surface area contributed by atoms with Crippen LogP contribution >= 0.6 is 0 Å². The summed E-state index contributed by atoms with van der Waals surface area (Å²) in [6.45, 7) is 6.38. The molecule has 0 aliphatic carbocycles. The van der Waals surface area contributed by atoms with Gasteiger partial charge in [-0.3, -0.25) is 19.9 Å². The smallest absolute Gasteiger partial charge is 0.321 e. The van der Waals surface area contributed by atoms with Gasteiger partial charge in [-0.2, -0.15) is 4.98 Å². The molecule has 1 aliphatic rings. The van der Waals surface area contributed by atoms with Crippen LogP contribution in [0.3, 0.4) is 0 Å². The predicted molar refractivity (Wildman–Crippen MR) is 114 cm³/mol. The standard InChI is InChI=1S/C21H30N6O4/c1-3-4-9-22-21(29)23-18(28)14-26-10-12-27(13-11-26)15-19-24-20(25-31-19)16-5-7-17(30-2)8-6-16/h5-8H,3-4,9-15H2,1-2H3,(H2,22,23,28,29). The van der Waals surface area contributed by atoms with Crippen LogP contribution in [-0.2, 0) is 11.3 Å². The lowest BCUT2D eigenvalue weighted by molar-refractivity contribution is -0.121. The Hall–Kier alpha value is -2.98. The summed E-state index contributed by atoms with van der Waals surface area (Å²) in [5, 5.41) is 9.12. The Labute approximate surface area is 181 Å². The van der Waals surface area contributed by atoms with Crippen molar-refractivity contribution in [2.24, 2.45) is 0 Å². The quantitative estimate of drug-likeness (QED) is 0.576. The van der Waals surface area contributed by atoms with Gasteiger partial charge in [-0.1, -0.05) is 18.5 Å². The molecule has 0 unspecified atom stereocenters. The molecule has 1 fully saturated rings. The van der Waals surface area contributed by atoms with Gasteiger partial charge < -0.3 is 14.6 Å². The van der Waals surface area contributed by atoms with Crippen molar-refractivity contribution in [1.29, 1.82) is 0 Å². The molecule has 2 aromatic rings. The largest absolute Gasteiger partial charge is 0.497 e. The van der Waals surface area contributed by atoms with E-state index in [0.717, 1.165) is 50.3 Å². The molecule has 1 aromatic heterocycles. The third kappa shape index (κ3) is 7.04. The Morgan fingerprint density at radius 3 is 2.52 bits per heavy atom. The molecule has 2 N–H and O–H groups in total. The lowest BCUT2D eigenvalue weighted by atomic mass is 10.2. The van der Waals surface area contributed by atoms with Crippen molar-refractivity contribution < 1.29 is 18.8 Å². The second-order valence-electron chi connectivity index (χ2n) is 7.45. The van der Waals surface area contributed by atoms with Gasteiger partial charge in [0, 0.05) is 38.3 Å². The Bertz CT molecular complexity index is 846. The monoisotopic (exact) mass is 430 g/mol. The first-order valence-corrected chi connectivity index (χ1v) is 10.6. The first-order chi connectivity index (χ1) is 15.1. The van der Waals surface area contributed by atoms with Crippen LogP contribution in [0.2, 0.25) is 0 Å². The minimum atomic E-state index is -0.429. The average molecular weight is 431 g/mol. The van der Waals surface area contributed by atoms with E-state index >= 15 is 0 Å². The zero-order valence-corrected chi connectivity index (χ0v) is 18.1. The van der Waals surface area contributed by atoms with Gasteiger partial charge in [-0.25, -0.2) is 4.79 Å². The summed E-state index contributed by atoms with van der Waals surface area (Å²) in [6, 6.07) is 7.06. The summed E-state index contributed by atoms with van der Waals surface area (Å²) < 4.78 is 10.6. The Kier molecular flexibility index (Phi) is 8.36. The van der Waals surface area contributed by atoms with Crippen molar-refractivity contribution in [3.63, 3.8) is 0 Å². The number of carbonyl (C=O) groups is 2. The number of carbonyl (C=O) groups excluding carboxylic acids is 2. The summed E-state index contributed by atoms with van der Waals surface area (Å²) in [5.74, 6) is 1.59. The van der Waals surface area contributed by atoms with Crippen LogP contribution in [0.15, 0.2) is 28.8 Å². The molecule has 1 aliphatic heterocycles. The number of hydrogen-bond acceptors (Lipinski definition) is 8. The molecule has 31 heavy (non-hydrogen) atoms. The lowest BCUT2D eigenvalue weighted by Crippen LogP contribution is -2.50. The van der Waals surface area contributed by atoms with E-state index in [0.29, 0.717) is 24.8 Å². The van der Waals surface area contributed by atoms with Gasteiger partial charge >= 0.3 is 6.03 Å². The maximum atomic E-state index is 12.0. The van der Waals surface area contributed by atoms with Crippen molar-refractivity contribution in [2.45, 2.75) is 26.3 Å². The number of amides is 3. The van der Waals surface area contributed by atoms with E-state index in [1.165, 1.54) is 0 Å². The highest BCUT2D eigenvalue weighted by Gasteiger charge is 2.21. The van der Waals surface area contributed by atoms with E-state index in [1.54, 1.807) is 7.11 Å². The number of piperazine rings is 1. The van der Waals surface area contributed by atoms with Crippen molar-refractivity contribution in [3.8, 4) is 17.1 Å². The molecule has 10 nitrogen and oxygen atoms in total. The number of rotatable bonds is 9. The average Bonchev–Trinajstić information content (AvgIpc) is 3.24. The first kappa shape index (κ1) is 22.7. The maximum absolute atomic E-state index is 12.0. The first-order valence-electron chi connectivity index (χ1n) is 10.6. The Morgan fingerprint density at radius 1 is 1.13 bits per heavy atom. The van der Waals surface area contributed by atoms with Crippen molar-refractivity contribution in [3.05, 3.63) is 30.2 Å². The zero-order valence-electron chi connectivity index (χ0n) is 18.1. The van der Waals surface area contributed by atoms with E-state index in [9.17, 15) is 9.59 Å². The maximum Gasteiger partial charge on any atom is 0.321 e. The fourth-order valence-electron chi connectivity index (χ4n) is 3.27. The van der Waals surface area contributed by atoms with Gasteiger partial charge in [-0.05, 0) is 30.7 Å². The fraction of sp³-hybridized carbons (Fsp3) is 0.524. The summed E-state index contributed by atoms with van der Waals surface area (Å²) in [5.41, 5.74) is 0.866. The highest BCUT2D eigenvalue weighted by Crippen LogP contribution is 2.20. The van der Waals surface area contributed by atoms with E-state index in [4.69, 9.17) is 9.26 Å². The molecule has 1 saturated heterocycles. The van der Waals surface area contributed by atoms with Crippen LogP contribution < -0.4 is 15.4 Å². The van der Waals surface area contributed by atoms with E-state index in [2.05, 4.69) is 25.7 Å². The molecule has 168 valence electrons. The molecule has 0 spiro atoms. The molecular formula is C21H30N6O4. The molecule has 2 heterocycles. The molecule has 10 heteroatoms. The van der Waals surface area contributed by atoms with Gasteiger partial charge in [0.05, 0.1) is 20.2 Å². The second-order valence-corrected chi connectivity index (χ2v) is 7.45. The molecule has 3 rings (SSSR count). The van der Waals surface area contributed by atoms with Crippen LogP contribution in [0.1, 0.15) is 25.7 Å². The number of ether oxygens (including phenoxy) is 1. The third-order valence-electron chi connectivity index (χ3n) is 5.08. The normalized spacial score (nSPS) is 14.9. The van der Waals surface area contributed by atoms with E-state index < -0.39 is 6.03 Å². The summed E-state index contributed by atoms with van der Waals surface area (Å²) in [4.78, 5) is 32.4. The van der Waals surface area contributed by atoms with Crippen LogP contribution in [0, 0.1) is 0 Å². The molecule has 0 radical (unpaired) electrons. The molecule has 0 saturated carbocycles. The number of hydrogen-bond donors (Lipinski definition) is 2. The van der Waals surface area contributed by atoms with Crippen molar-refractivity contribution >= 4 is 11.9 Å². The van der Waals surface area contributed by atoms with Crippen LogP contribution in [0.4, 0.5) is 4.79 Å². The summed E-state index contributed by atoms with van der Waals surface area (Å²) in [6.07, 6.45) is 1.89. The van der Waals surface area contributed by atoms with Crippen LogP contribution in [0.25, 0.3) is 11.4 Å². The fourth-order valence-corrected chi connectivity index (χ4v) is 3.27. The van der Waals surface area contributed by atoms with Gasteiger partial charge in [0.2, 0.25) is 17.6 Å². The number of unbranched alkanes of at least 4 members (excludes halogenated alkanes) is 1. The van der Waals surface area contributed by atoms with Gasteiger partial charge in [0.15, 0.2) is 0 Å². The number of nitrogens with zero attached hydrogens (tertiary/aromatic N) is 4. The number of aromatic nitrogens is 2. The Balaban J connectivity index is 1.39. The predicted octanol–water partition coefficient (Wildman–Crippen LogP) is 1.49. The van der Waals surface area contributed by atoms with Gasteiger partial charge in [0.25, 0.3) is 0 Å². The SMILES string of the molecule is CCCCNC(=O)NC(=O)CN1CCN(Cc2nc(-c3ccc(OC)cc3)no2)CC1. The number of nitrogens with one attached hydrogen (secondary N) is 2. The third-order valence-corrected chi connectivity index (χ3v) is 5.08. The summed E-state index contributed by atoms with van der Waals surface area (Å²) in [7, 11) is 1.62. The summed E-state index contributed by atoms with van der Waals surface area (Å²) >= 11 is 0. The van der Waals surface area contributed by atoms with Gasteiger partial charge in [-0.15, -0.1) is 0 Å². The molecular weight excluding hydrogens is 400 g/mol. The number of methoxy groups -OCH3 is 1. The molecule has 1 aromatic carbocycles. The van der Waals surface area contributed by atoms with E-state index in [1.807, 2.05) is 36.1 Å². The molecule has 3 amide bonds. The highest BCUT2D eigenvalue weighted by atomic mass is 16.5. The second kappa shape index (κ2) is 11.4. The minimum absolute atomic E-state index is 0.206. The van der Waals surface area contributed by atoms with Gasteiger partial charge in [0.1, 0.15) is 5.75 Å². The Morgan fingerprint density at radius 2 is 1.84 bits per heavy atom. The topological polar surface area (TPSA) is 113 Å². The highest BCUT2D eigenvalue weighted by molar-refractivity contribution is 5.95.